The molecule has 98 valence electrons. The van der Waals surface area contributed by atoms with Crippen LogP contribution in [-0.4, -0.2) is 23.5 Å². The highest BCUT2D eigenvalue weighted by molar-refractivity contribution is 5.91. The van der Waals surface area contributed by atoms with Gasteiger partial charge in [-0.2, -0.15) is 0 Å². The summed E-state index contributed by atoms with van der Waals surface area (Å²) in [7, 11) is 0. The number of carbonyl (C=O) groups excluding carboxylic acids is 1. The predicted molar refractivity (Wildman–Crippen MR) is 62.8 cm³/mol. The summed E-state index contributed by atoms with van der Waals surface area (Å²) in [5.41, 5.74) is -0.484. The molecule has 0 saturated carbocycles. The lowest BCUT2D eigenvalue weighted by Crippen LogP contribution is -2.21. The molecule has 0 aliphatic rings. The van der Waals surface area contributed by atoms with E-state index in [1.165, 1.54) is 0 Å². The summed E-state index contributed by atoms with van der Waals surface area (Å²) in [6.45, 7) is 3.33. The number of ether oxygens (including phenoxy) is 1. The van der Waals surface area contributed by atoms with Gasteiger partial charge >= 0.3 is 0 Å². The summed E-state index contributed by atoms with van der Waals surface area (Å²) in [5.74, 6) is -1.38. The Morgan fingerprint density at radius 3 is 2.72 bits per heavy atom. The first kappa shape index (κ1) is 14.0. The third-order valence-corrected chi connectivity index (χ3v) is 1.99. The molecule has 1 aromatic carbocycles. The molecule has 1 N–H and O–H groups in total. The molecule has 0 unspecified atom stereocenters. The smallest absolute Gasteiger partial charge is 0.272 e. The number of carbonyl (C=O) groups is 1. The molecule has 6 nitrogen and oxygen atoms in total. The second kappa shape index (κ2) is 6.06. The number of anilines is 1. The molecule has 0 saturated heterocycles. The van der Waals surface area contributed by atoms with E-state index in [0.717, 1.165) is 18.2 Å². The number of nitro groups is 1. The standard InChI is InChI=1S/C11H13FN2O4/c1-7(2)18-6-11(15)13-10-4-3-8(14(16)17)5-9(10)12/h3-5,7H,6H2,1-2H3,(H,13,15). The number of halogens is 1. The van der Waals surface area contributed by atoms with Crippen molar-refractivity contribution >= 4 is 17.3 Å². The Kier molecular flexibility index (Phi) is 4.73. The average Bonchev–Trinajstić information content (AvgIpc) is 2.29. The van der Waals surface area contributed by atoms with E-state index in [9.17, 15) is 19.3 Å². The monoisotopic (exact) mass is 256 g/mol. The number of amides is 1. The zero-order valence-electron chi connectivity index (χ0n) is 9.97. The van der Waals surface area contributed by atoms with E-state index >= 15 is 0 Å². The predicted octanol–water partition coefficient (Wildman–Crippen LogP) is 2.10. The van der Waals surface area contributed by atoms with Crippen LogP contribution in [0.3, 0.4) is 0 Å². The van der Waals surface area contributed by atoms with Gasteiger partial charge in [-0.25, -0.2) is 4.39 Å². The van der Waals surface area contributed by atoms with E-state index in [4.69, 9.17) is 4.74 Å². The van der Waals surface area contributed by atoms with Crippen LogP contribution in [0.1, 0.15) is 13.8 Å². The van der Waals surface area contributed by atoms with E-state index in [0.29, 0.717) is 0 Å². The first-order valence-corrected chi connectivity index (χ1v) is 5.25. The Labute approximate surface area is 103 Å². The van der Waals surface area contributed by atoms with Crippen molar-refractivity contribution in [1.29, 1.82) is 0 Å². The molecule has 1 aromatic rings. The van der Waals surface area contributed by atoms with Crippen LogP contribution in [0.25, 0.3) is 0 Å². The normalized spacial score (nSPS) is 10.4. The Balaban J connectivity index is 2.68. The van der Waals surface area contributed by atoms with Crippen LogP contribution in [-0.2, 0) is 9.53 Å². The molecule has 0 atom stereocenters. The topological polar surface area (TPSA) is 81.5 Å². The molecule has 0 bridgehead atoms. The minimum atomic E-state index is -0.859. The van der Waals surface area contributed by atoms with Crippen molar-refractivity contribution in [1.82, 2.24) is 0 Å². The molecule has 7 heteroatoms. The maximum atomic E-state index is 13.4. The lowest BCUT2D eigenvalue weighted by molar-refractivity contribution is -0.385. The largest absolute Gasteiger partial charge is 0.369 e. The van der Waals surface area contributed by atoms with Crippen molar-refractivity contribution in [3.05, 3.63) is 34.1 Å². The van der Waals surface area contributed by atoms with Crippen LogP contribution >= 0.6 is 0 Å². The van der Waals surface area contributed by atoms with Gasteiger partial charge in [-0.15, -0.1) is 0 Å². The minimum absolute atomic E-state index is 0.113. The number of benzene rings is 1. The summed E-state index contributed by atoms with van der Waals surface area (Å²) in [4.78, 5) is 21.0. The number of non-ortho nitro benzene ring substituents is 1. The summed E-state index contributed by atoms with van der Waals surface area (Å²) < 4.78 is 18.4. The molecule has 0 spiro atoms. The Morgan fingerprint density at radius 2 is 2.22 bits per heavy atom. The fourth-order valence-corrected chi connectivity index (χ4v) is 1.15. The molecule has 0 fully saturated rings. The zero-order valence-corrected chi connectivity index (χ0v) is 9.97. The second-order valence-electron chi connectivity index (χ2n) is 3.83. The molecule has 0 aliphatic heterocycles. The molecule has 0 aromatic heterocycles. The Bertz CT molecular complexity index is 462. The van der Waals surface area contributed by atoms with Gasteiger partial charge in [0, 0.05) is 6.07 Å². The number of nitro benzene ring substituents is 1. The van der Waals surface area contributed by atoms with E-state index in [1.807, 2.05) is 0 Å². The van der Waals surface area contributed by atoms with Crippen LogP contribution < -0.4 is 5.32 Å². The van der Waals surface area contributed by atoms with Crippen molar-refractivity contribution in [2.24, 2.45) is 0 Å². The summed E-state index contributed by atoms with van der Waals surface area (Å²) in [6, 6.07) is 3.00. The third kappa shape index (κ3) is 4.10. The first-order chi connectivity index (χ1) is 8.40. The van der Waals surface area contributed by atoms with E-state index < -0.39 is 16.6 Å². The maximum Gasteiger partial charge on any atom is 0.272 e. The quantitative estimate of drug-likeness (QED) is 0.646. The highest BCUT2D eigenvalue weighted by Crippen LogP contribution is 2.20. The number of hydrogen-bond acceptors (Lipinski definition) is 4. The van der Waals surface area contributed by atoms with Gasteiger partial charge in [-0.05, 0) is 19.9 Å². The molecular weight excluding hydrogens is 243 g/mol. The zero-order chi connectivity index (χ0) is 13.7. The Hall–Kier alpha value is -2.02. The van der Waals surface area contributed by atoms with Crippen LogP contribution in [0.4, 0.5) is 15.8 Å². The molecule has 0 heterocycles. The van der Waals surface area contributed by atoms with Gasteiger partial charge in [0.1, 0.15) is 6.61 Å². The first-order valence-electron chi connectivity index (χ1n) is 5.25. The molecule has 0 aliphatic carbocycles. The molecular formula is C11H13FN2O4. The second-order valence-corrected chi connectivity index (χ2v) is 3.83. The lowest BCUT2D eigenvalue weighted by atomic mass is 10.2. The fraction of sp³-hybridized carbons (Fsp3) is 0.364. The SMILES string of the molecule is CC(C)OCC(=O)Nc1ccc([N+](=O)[O-])cc1F. The molecule has 1 rings (SSSR count). The van der Waals surface area contributed by atoms with Gasteiger partial charge in [0.2, 0.25) is 5.91 Å². The lowest BCUT2D eigenvalue weighted by Gasteiger charge is -2.08. The van der Waals surface area contributed by atoms with Crippen molar-refractivity contribution < 1.29 is 18.8 Å². The van der Waals surface area contributed by atoms with Gasteiger partial charge in [0.15, 0.2) is 5.82 Å². The maximum absolute atomic E-state index is 13.4. The molecule has 18 heavy (non-hydrogen) atoms. The van der Waals surface area contributed by atoms with Gasteiger partial charge < -0.3 is 10.1 Å². The van der Waals surface area contributed by atoms with Crippen molar-refractivity contribution in [2.45, 2.75) is 20.0 Å². The molecule has 1 amide bonds. The van der Waals surface area contributed by atoms with Gasteiger partial charge in [0.25, 0.3) is 5.69 Å². The minimum Gasteiger partial charge on any atom is -0.369 e. The summed E-state index contributed by atoms with van der Waals surface area (Å²) in [5, 5.41) is 12.7. The van der Waals surface area contributed by atoms with Crippen LogP contribution in [0.2, 0.25) is 0 Å². The molecule has 0 radical (unpaired) electrons. The Morgan fingerprint density at radius 1 is 1.56 bits per heavy atom. The van der Waals surface area contributed by atoms with Crippen LogP contribution in [0, 0.1) is 15.9 Å². The van der Waals surface area contributed by atoms with E-state index in [-0.39, 0.29) is 24.1 Å². The van der Waals surface area contributed by atoms with Gasteiger partial charge in [-0.1, -0.05) is 0 Å². The number of nitrogens with one attached hydrogen (secondary N) is 1. The highest BCUT2D eigenvalue weighted by Gasteiger charge is 2.12. The fourth-order valence-electron chi connectivity index (χ4n) is 1.15. The third-order valence-electron chi connectivity index (χ3n) is 1.99. The van der Waals surface area contributed by atoms with E-state index in [1.54, 1.807) is 13.8 Å². The summed E-state index contributed by atoms with van der Waals surface area (Å²) >= 11 is 0. The van der Waals surface area contributed by atoms with Crippen molar-refractivity contribution in [3.8, 4) is 0 Å². The number of rotatable bonds is 5. The average molecular weight is 256 g/mol. The van der Waals surface area contributed by atoms with E-state index in [2.05, 4.69) is 5.32 Å². The van der Waals surface area contributed by atoms with Gasteiger partial charge in [-0.3, -0.25) is 14.9 Å². The van der Waals surface area contributed by atoms with Crippen LogP contribution in [0.15, 0.2) is 18.2 Å². The van der Waals surface area contributed by atoms with Crippen molar-refractivity contribution in [2.75, 3.05) is 11.9 Å². The number of hydrogen-bond donors (Lipinski definition) is 1. The van der Waals surface area contributed by atoms with Crippen LogP contribution in [0.5, 0.6) is 0 Å². The summed E-state index contributed by atoms with van der Waals surface area (Å²) in [6.07, 6.45) is -0.113. The highest BCUT2D eigenvalue weighted by atomic mass is 19.1. The number of nitrogens with zero attached hydrogens (tertiary/aromatic N) is 1. The van der Waals surface area contributed by atoms with Crippen molar-refractivity contribution in [3.63, 3.8) is 0 Å². The van der Waals surface area contributed by atoms with Gasteiger partial charge in [0.05, 0.1) is 22.8 Å².